The molecule has 0 amide bonds. The van der Waals surface area contributed by atoms with Gasteiger partial charge in [0.1, 0.15) is 5.82 Å². The SMILES string of the molecule is NC=CC(C[C@@H]1CCc2cc(C(O)(C(F)(F)F)C(F)(F)F)ccc2N1S(=O)(=O)c1ccc(F)cc1)=NCC(O)CO. The molecule has 41 heavy (non-hydrogen) atoms. The van der Waals surface area contributed by atoms with Crippen molar-refractivity contribution in [2.24, 2.45) is 10.7 Å². The Labute approximate surface area is 230 Å². The van der Waals surface area contributed by atoms with Gasteiger partial charge in [-0.05, 0) is 61.0 Å². The number of aryl methyl sites for hydroxylation is 1. The van der Waals surface area contributed by atoms with Crippen LogP contribution in [0, 0.1) is 5.82 Å². The van der Waals surface area contributed by atoms with Crippen LogP contribution in [0.25, 0.3) is 0 Å². The molecule has 2 aromatic rings. The van der Waals surface area contributed by atoms with Gasteiger partial charge in [0.2, 0.25) is 0 Å². The van der Waals surface area contributed by atoms with Crippen molar-refractivity contribution in [1.82, 2.24) is 0 Å². The first kappa shape index (κ1) is 32.3. The molecule has 1 unspecified atom stereocenters. The summed E-state index contributed by atoms with van der Waals surface area (Å²) in [7, 11) is -4.58. The molecule has 1 heterocycles. The molecule has 0 bridgehead atoms. The van der Waals surface area contributed by atoms with Crippen molar-refractivity contribution < 1.29 is 54.5 Å². The van der Waals surface area contributed by atoms with E-state index in [4.69, 9.17) is 10.8 Å². The van der Waals surface area contributed by atoms with E-state index in [0.29, 0.717) is 12.1 Å². The summed E-state index contributed by atoms with van der Waals surface area (Å²) in [6.45, 7) is -0.892. The van der Waals surface area contributed by atoms with Crippen molar-refractivity contribution in [2.45, 2.75) is 54.3 Å². The minimum absolute atomic E-state index is 0.118. The van der Waals surface area contributed by atoms with E-state index in [9.17, 15) is 49.4 Å². The molecule has 0 fully saturated rings. The number of fused-ring (bicyclic) bond motifs is 1. The van der Waals surface area contributed by atoms with Gasteiger partial charge in [0.25, 0.3) is 15.6 Å². The lowest BCUT2D eigenvalue weighted by Gasteiger charge is -2.39. The predicted molar refractivity (Wildman–Crippen MR) is 134 cm³/mol. The molecular weight excluding hydrogens is 587 g/mol. The summed E-state index contributed by atoms with van der Waals surface area (Å²) < 4.78 is 123. The molecule has 0 aromatic heterocycles. The zero-order chi connectivity index (χ0) is 30.8. The van der Waals surface area contributed by atoms with Crippen molar-refractivity contribution in [2.75, 3.05) is 17.5 Å². The van der Waals surface area contributed by atoms with Crippen LogP contribution in [0.3, 0.4) is 0 Å². The number of nitrogens with zero attached hydrogens (tertiary/aromatic N) is 2. The average molecular weight is 614 g/mol. The maximum Gasteiger partial charge on any atom is 0.430 e. The zero-order valence-electron chi connectivity index (χ0n) is 21.1. The van der Waals surface area contributed by atoms with Crippen LogP contribution in [-0.4, -0.2) is 67.1 Å². The van der Waals surface area contributed by atoms with E-state index in [2.05, 4.69) is 4.99 Å². The molecule has 3 rings (SSSR count). The molecular formula is C25H26F7N3O5S. The summed E-state index contributed by atoms with van der Waals surface area (Å²) in [6, 6.07) is 4.17. The number of benzene rings is 2. The Balaban J connectivity index is 2.18. The van der Waals surface area contributed by atoms with Gasteiger partial charge < -0.3 is 21.1 Å². The Hall–Kier alpha value is -3.21. The summed E-state index contributed by atoms with van der Waals surface area (Å²) in [6.07, 6.45) is -11.6. The first-order chi connectivity index (χ1) is 19.0. The number of allylic oxidation sites excluding steroid dienone is 1. The van der Waals surface area contributed by atoms with Gasteiger partial charge in [-0.2, -0.15) is 26.3 Å². The highest BCUT2D eigenvalue weighted by molar-refractivity contribution is 7.92. The highest BCUT2D eigenvalue weighted by atomic mass is 32.2. The molecule has 0 radical (unpaired) electrons. The summed E-state index contributed by atoms with van der Waals surface area (Å²) in [5, 5.41) is 28.5. The Morgan fingerprint density at radius 1 is 1.10 bits per heavy atom. The van der Waals surface area contributed by atoms with Crippen molar-refractivity contribution >= 4 is 21.4 Å². The molecule has 0 saturated heterocycles. The fourth-order valence-corrected chi connectivity index (χ4v) is 6.12. The van der Waals surface area contributed by atoms with Crippen LogP contribution >= 0.6 is 0 Å². The quantitative estimate of drug-likeness (QED) is 0.253. The average Bonchev–Trinajstić information content (AvgIpc) is 2.89. The normalized spacial score (nSPS) is 18.0. The second-order valence-corrected chi connectivity index (χ2v) is 11.0. The largest absolute Gasteiger partial charge is 0.430 e. The Bertz CT molecular complexity index is 1380. The summed E-state index contributed by atoms with van der Waals surface area (Å²) in [5.41, 5.74) is -1.61. The lowest BCUT2D eigenvalue weighted by molar-refractivity contribution is -0.376. The molecule has 16 heteroatoms. The van der Waals surface area contributed by atoms with Crippen molar-refractivity contribution in [1.29, 1.82) is 0 Å². The monoisotopic (exact) mass is 613 g/mol. The molecule has 1 aliphatic heterocycles. The number of aliphatic hydroxyl groups is 3. The third-order valence-corrected chi connectivity index (χ3v) is 8.33. The molecule has 2 aromatic carbocycles. The van der Waals surface area contributed by atoms with E-state index in [0.717, 1.165) is 40.8 Å². The second-order valence-electron chi connectivity index (χ2n) is 9.23. The van der Waals surface area contributed by atoms with Gasteiger partial charge in [-0.3, -0.25) is 9.30 Å². The first-order valence-corrected chi connectivity index (χ1v) is 13.4. The number of rotatable bonds is 9. The molecule has 8 nitrogen and oxygen atoms in total. The Morgan fingerprint density at radius 2 is 1.71 bits per heavy atom. The van der Waals surface area contributed by atoms with Crippen LogP contribution < -0.4 is 10.0 Å². The smallest absolute Gasteiger partial charge is 0.405 e. The number of hydrogen-bond donors (Lipinski definition) is 4. The molecule has 0 saturated carbocycles. The van der Waals surface area contributed by atoms with Gasteiger partial charge >= 0.3 is 12.4 Å². The number of alkyl halides is 6. The topological polar surface area (TPSA) is 136 Å². The van der Waals surface area contributed by atoms with E-state index in [1.807, 2.05) is 0 Å². The van der Waals surface area contributed by atoms with Gasteiger partial charge in [-0.25, -0.2) is 12.8 Å². The van der Waals surface area contributed by atoms with Gasteiger partial charge in [0.15, 0.2) is 0 Å². The molecule has 226 valence electrons. The van der Waals surface area contributed by atoms with Crippen LogP contribution in [0.4, 0.5) is 36.4 Å². The molecule has 1 aliphatic rings. The summed E-state index contributed by atoms with van der Waals surface area (Å²) in [5.74, 6) is -0.757. The lowest BCUT2D eigenvalue weighted by Crippen LogP contribution is -2.54. The van der Waals surface area contributed by atoms with Crippen LogP contribution in [0.15, 0.2) is 64.6 Å². The third-order valence-electron chi connectivity index (χ3n) is 6.45. The Morgan fingerprint density at radius 3 is 2.24 bits per heavy atom. The minimum atomic E-state index is -6.14. The standard InChI is InChI=1S/C25H26F7N3O5S/c26-17-3-6-21(7-4-17)41(39,40)35-19(12-18(9-10-33)34-13-20(37)14-36)5-1-15-11-16(2-8-22(15)35)23(38,24(27,28)29)25(30,31)32/h2-4,6-11,19-20,36-38H,1,5,12-14,33H2/t19-,20?/m0/s1. The van der Waals surface area contributed by atoms with Crippen LogP contribution in [0.5, 0.6) is 0 Å². The number of halogens is 7. The molecule has 5 N–H and O–H groups in total. The third kappa shape index (κ3) is 6.50. The van der Waals surface area contributed by atoms with Gasteiger partial charge in [-0.1, -0.05) is 12.1 Å². The lowest BCUT2D eigenvalue weighted by atomic mass is 9.87. The van der Waals surface area contributed by atoms with Crippen molar-refractivity contribution in [3.8, 4) is 0 Å². The van der Waals surface area contributed by atoms with E-state index < -0.39 is 63.0 Å². The fraction of sp³-hybridized carbons (Fsp3) is 0.400. The second kappa shape index (κ2) is 12.0. The molecule has 2 atom stereocenters. The van der Waals surface area contributed by atoms with Gasteiger partial charge in [-0.15, -0.1) is 0 Å². The highest BCUT2D eigenvalue weighted by Gasteiger charge is 2.71. The van der Waals surface area contributed by atoms with Crippen LogP contribution in [0.2, 0.25) is 0 Å². The number of anilines is 1. The first-order valence-electron chi connectivity index (χ1n) is 12.0. The summed E-state index contributed by atoms with van der Waals surface area (Å²) in [4.78, 5) is 3.71. The maximum atomic E-state index is 13.8. The number of nitrogens with two attached hydrogens (primary N) is 1. The minimum Gasteiger partial charge on any atom is -0.405 e. The van der Waals surface area contributed by atoms with Crippen LogP contribution in [-0.2, 0) is 22.0 Å². The maximum absolute atomic E-state index is 13.8. The number of hydrogen-bond acceptors (Lipinski definition) is 7. The van der Waals surface area contributed by atoms with E-state index in [-0.39, 0.29) is 42.8 Å². The van der Waals surface area contributed by atoms with E-state index in [1.165, 1.54) is 6.08 Å². The van der Waals surface area contributed by atoms with Gasteiger partial charge in [0.05, 0.1) is 35.9 Å². The molecule has 0 spiro atoms. The van der Waals surface area contributed by atoms with Crippen molar-refractivity contribution in [3.63, 3.8) is 0 Å². The molecule has 0 aliphatic carbocycles. The van der Waals surface area contributed by atoms with E-state index in [1.54, 1.807) is 0 Å². The number of aliphatic hydroxyl groups excluding tert-OH is 2. The van der Waals surface area contributed by atoms with Gasteiger partial charge in [0, 0.05) is 17.7 Å². The number of aliphatic imine (C=N–C) groups is 1. The fourth-order valence-electron chi connectivity index (χ4n) is 4.40. The van der Waals surface area contributed by atoms with E-state index >= 15 is 0 Å². The van der Waals surface area contributed by atoms with Crippen molar-refractivity contribution in [3.05, 3.63) is 71.7 Å². The predicted octanol–water partition coefficient (Wildman–Crippen LogP) is 3.30. The van der Waals surface area contributed by atoms with Crippen LogP contribution in [0.1, 0.15) is 24.0 Å². The summed E-state index contributed by atoms with van der Waals surface area (Å²) >= 11 is 0. The Kier molecular flexibility index (Phi) is 9.42. The highest BCUT2D eigenvalue weighted by Crippen LogP contribution is 2.51. The zero-order valence-corrected chi connectivity index (χ0v) is 21.9. The number of sulfonamides is 1.